The molecule has 0 radical (unpaired) electrons. The van der Waals surface area contributed by atoms with E-state index in [2.05, 4.69) is 16.5 Å². The molecular formula is C24H30ClN5O5S2. The maximum absolute atomic E-state index is 13.6. The van der Waals surface area contributed by atoms with Crippen molar-refractivity contribution in [2.24, 2.45) is 0 Å². The molecule has 1 aromatic carbocycles. The van der Waals surface area contributed by atoms with Gasteiger partial charge in [-0.15, -0.1) is 0 Å². The predicted molar refractivity (Wildman–Crippen MR) is 142 cm³/mol. The van der Waals surface area contributed by atoms with Crippen molar-refractivity contribution in [1.29, 1.82) is 5.26 Å². The molecule has 2 saturated heterocycles. The molecule has 37 heavy (non-hydrogen) atoms. The summed E-state index contributed by atoms with van der Waals surface area (Å²) in [4.78, 5) is 15.3. The Bertz CT molecular complexity index is 1360. The summed E-state index contributed by atoms with van der Waals surface area (Å²) in [7, 11) is -6.46. The first-order chi connectivity index (χ1) is 17.4. The number of carbonyl (C=O) groups excluding carboxylic acids is 1. The van der Waals surface area contributed by atoms with Gasteiger partial charge in [0, 0.05) is 24.1 Å². The third-order valence-corrected chi connectivity index (χ3v) is 11.9. The summed E-state index contributed by atoms with van der Waals surface area (Å²) in [6.45, 7) is 1.88. The molecule has 2 aromatic rings. The van der Waals surface area contributed by atoms with Crippen LogP contribution >= 0.6 is 22.2 Å². The van der Waals surface area contributed by atoms with E-state index < -0.39 is 37.3 Å². The van der Waals surface area contributed by atoms with Crippen molar-refractivity contribution in [1.82, 2.24) is 15.1 Å². The molecule has 1 aliphatic carbocycles. The van der Waals surface area contributed by atoms with Crippen LogP contribution in [0.1, 0.15) is 43.8 Å². The van der Waals surface area contributed by atoms with Crippen LogP contribution < -0.4 is 10.2 Å². The Morgan fingerprint density at radius 1 is 1.27 bits per heavy atom. The Labute approximate surface area is 222 Å². The second-order valence-corrected chi connectivity index (χ2v) is 15.2. The van der Waals surface area contributed by atoms with Crippen LogP contribution in [0, 0.1) is 18.3 Å². The van der Waals surface area contributed by atoms with Gasteiger partial charge in [-0.3, -0.25) is 13.9 Å². The van der Waals surface area contributed by atoms with Gasteiger partial charge >= 0.3 is 0 Å². The minimum Gasteiger partial charge on any atom is -0.343 e. The quantitative estimate of drug-likeness (QED) is 0.480. The third-order valence-electron chi connectivity index (χ3n) is 7.51. The van der Waals surface area contributed by atoms with Gasteiger partial charge in [0.25, 0.3) is 0 Å². The zero-order chi connectivity index (χ0) is 26.6. The SMILES string of the molecule is Cc1cc(N2C[C@H](S(=O)(=O)c3ccccc3Cl)C[C@H]2C(=O)NC2(C#N)CC2)n(C2CCS(O)(O)CC2)n1. The van der Waals surface area contributed by atoms with E-state index in [-0.39, 0.29) is 46.3 Å². The molecule has 0 spiro atoms. The molecule has 200 valence electrons. The van der Waals surface area contributed by atoms with E-state index >= 15 is 0 Å². The Morgan fingerprint density at radius 2 is 1.95 bits per heavy atom. The molecule has 3 fully saturated rings. The first-order valence-corrected chi connectivity index (χ1v) is 16.0. The summed E-state index contributed by atoms with van der Waals surface area (Å²) in [5.74, 6) is 0.765. The summed E-state index contributed by atoms with van der Waals surface area (Å²) < 4.78 is 49.2. The van der Waals surface area contributed by atoms with E-state index in [1.807, 2.05) is 13.0 Å². The Balaban J connectivity index is 1.50. The van der Waals surface area contributed by atoms with Gasteiger partial charge in [0.05, 0.1) is 33.0 Å². The molecule has 3 N–H and O–H groups in total. The average molecular weight is 568 g/mol. The number of rotatable bonds is 6. The maximum atomic E-state index is 13.6. The lowest BCUT2D eigenvalue weighted by Gasteiger charge is -2.40. The van der Waals surface area contributed by atoms with Gasteiger partial charge in [-0.05, 0) is 51.2 Å². The van der Waals surface area contributed by atoms with Crippen LogP contribution in [0.15, 0.2) is 35.2 Å². The first-order valence-electron chi connectivity index (χ1n) is 12.2. The number of nitrogens with zero attached hydrogens (tertiary/aromatic N) is 4. The highest BCUT2D eigenvalue weighted by molar-refractivity contribution is 8.24. The standard InChI is InChI=1S/C24H30ClN5O5S2/c1-16-12-22(30(28-16)17-6-10-36(32,33)11-7-17)29-14-18(37(34,35)21-5-3-2-4-19(21)25)13-20(29)23(31)27-24(15-26)8-9-24/h2-5,12,17-18,20,32-33H,6-11,13-14H2,1H3,(H,27,31)/t18-,20+/m1/s1. The molecule has 13 heteroatoms. The number of aryl methyl sites for hydroxylation is 1. The van der Waals surface area contributed by atoms with Crippen LogP contribution in [-0.4, -0.2) is 68.1 Å². The summed E-state index contributed by atoms with van der Waals surface area (Å²) in [5, 5.41) is 16.2. The van der Waals surface area contributed by atoms with Crippen LogP contribution in [0.2, 0.25) is 5.02 Å². The monoisotopic (exact) mass is 567 g/mol. The third kappa shape index (κ3) is 5.07. The highest BCUT2D eigenvalue weighted by Crippen LogP contribution is 2.48. The van der Waals surface area contributed by atoms with E-state index in [1.165, 1.54) is 12.1 Å². The number of aromatic nitrogens is 2. The van der Waals surface area contributed by atoms with Crippen molar-refractivity contribution < 1.29 is 22.3 Å². The minimum atomic E-state index is -3.87. The molecule has 0 unspecified atom stereocenters. The fraction of sp³-hybridized carbons (Fsp3) is 0.542. The molecule has 1 amide bonds. The van der Waals surface area contributed by atoms with Crippen LogP contribution in [0.5, 0.6) is 0 Å². The molecule has 3 heterocycles. The summed E-state index contributed by atoms with van der Waals surface area (Å²) in [6, 6.07) is 9.33. The molecule has 1 aromatic heterocycles. The number of hydrogen-bond donors (Lipinski definition) is 3. The molecule has 5 rings (SSSR count). The van der Waals surface area contributed by atoms with E-state index in [0.717, 1.165) is 0 Å². The number of nitrogens with one attached hydrogen (secondary N) is 1. The van der Waals surface area contributed by atoms with Crippen LogP contribution in [0.3, 0.4) is 0 Å². The van der Waals surface area contributed by atoms with Crippen molar-refractivity contribution in [2.75, 3.05) is 23.0 Å². The predicted octanol–water partition coefficient (Wildman–Crippen LogP) is 3.52. The summed E-state index contributed by atoms with van der Waals surface area (Å²) in [5.41, 5.74) is -0.185. The number of amides is 1. The minimum absolute atomic E-state index is 0.0283. The first kappa shape index (κ1) is 26.3. The van der Waals surface area contributed by atoms with Crippen LogP contribution in [-0.2, 0) is 14.6 Å². The topological polar surface area (TPSA) is 149 Å². The molecule has 1 saturated carbocycles. The fourth-order valence-electron chi connectivity index (χ4n) is 5.21. The lowest BCUT2D eigenvalue weighted by Crippen LogP contribution is -2.48. The number of halogens is 1. The van der Waals surface area contributed by atoms with Crippen molar-refractivity contribution in [3.05, 3.63) is 41.0 Å². The molecule has 3 aliphatic rings. The number of sulfone groups is 1. The van der Waals surface area contributed by atoms with Gasteiger partial charge in [-0.1, -0.05) is 23.7 Å². The molecular weight excluding hydrogens is 538 g/mol. The van der Waals surface area contributed by atoms with Gasteiger partial charge in [0.1, 0.15) is 17.4 Å². The summed E-state index contributed by atoms with van der Waals surface area (Å²) in [6.07, 6.45) is 2.19. The smallest absolute Gasteiger partial charge is 0.244 e. The van der Waals surface area contributed by atoms with Crippen molar-refractivity contribution in [2.45, 2.75) is 66.8 Å². The highest BCUT2D eigenvalue weighted by atomic mass is 35.5. The average Bonchev–Trinajstić information content (AvgIpc) is 3.29. The second kappa shape index (κ2) is 9.47. The number of carbonyl (C=O) groups is 1. The number of hydrogen-bond acceptors (Lipinski definition) is 8. The Hall–Kier alpha value is -2.30. The number of anilines is 1. The zero-order valence-electron chi connectivity index (χ0n) is 20.4. The van der Waals surface area contributed by atoms with Crippen LogP contribution in [0.4, 0.5) is 5.82 Å². The largest absolute Gasteiger partial charge is 0.343 e. The van der Waals surface area contributed by atoms with E-state index in [0.29, 0.717) is 37.2 Å². The van der Waals surface area contributed by atoms with Gasteiger partial charge < -0.3 is 10.2 Å². The maximum Gasteiger partial charge on any atom is 0.244 e. The van der Waals surface area contributed by atoms with E-state index in [1.54, 1.807) is 21.7 Å². The molecule has 2 atom stereocenters. The van der Waals surface area contributed by atoms with Crippen molar-refractivity contribution >= 4 is 43.8 Å². The zero-order valence-corrected chi connectivity index (χ0v) is 22.8. The molecule has 10 nitrogen and oxygen atoms in total. The van der Waals surface area contributed by atoms with Crippen molar-refractivity contribution in [3.8, 4) is 6.07 Å². The molecule has 2 aliphatic heterocycles. The Morgan fingerprint density at radius 3 is 2.57 bits per heavy atom. The normalized spacial score (nSPS) is 25.9. The van der Waals surface area contributed by atoms with Gasteiger partial charge in [0.2, 0.25) is 5.91 Å². The lowest BCUT2D eigenvalue weighted by atomic mass is 10.1. The summed E-state index contributed by atoms with van der Waals surface area (Å²) >= 11 is 6.25. The van der Waals surface area contributed by atoms with E-state index in [4.69, 9.17) is 11.6 Å². The molecule has 0 bridgehead atoms. The van der Waals surface area contributed by atoms with Gasteiger partial charge in [-0.2, -0.15) is 21.0 Å². The lowest BCUT2D eigenvalue weighted by molar-refractivity contribution is -0.122. The highest BCUT2D eigenvalue weighted by Gasteiger charge is 2.50. The Kier molecular flexibility index (Phi) is 6.73. The van der Waals surface area contributed by atoms with Gasteiger partial charge in [-0.25, -0.2) is 13.1 Å². The van der Waals surface area contributed by atoms with E-state index in [9.17, 15) is 27.6 Å². The van der Waals surface area contributed by atoms with Gasteiger partial charge in [0.15, 0.2) is 9.84 Å². The number of benzene rings is 1. The van der Waals surface area contributed by atoms with Crippen LogP contribution in [0.25, 0.3) is 0 Å². The fourth-order valence-corrected chi connectivity index (χ4v) is 8.94. The second-order valence-electron chi connectivity index (χ2n) is 10.2. The van der Waals surface area contributed by atoms with Crippen molar-refractivity contribution in [3.63, 3.8) is 0 Å². The number of nitriles is 1.